The van der Waals surface area contributed by atoms with E-state index >= 15 is 0 Å². The molecule has 1 saturated heterocycles. The molecule has 1 aliphatic heterocycles. The van der Waals surface area contributed by atoms with Gasteiger partial charge < -0.3 is 15.4 Å². The van der Waals surface area contributed by atoms with Gasteiger partial charge in [0, 0.05) is 29.8 Å². The molecule has 0 spiro atoms. The Morgan fingerprint density at radius 1 is 1.23 bits per heavy atom. The number of pyridine rings is 2. The van der Waals surface area contributed by atoms with Gasteiger partial charge in [0.2, 0.25) is 5.88 Å². The van der Waals surface area contributed by atoms with Gasteiger partial charge in [-0.25, -0.2) is 9.97 Å². The number of ketones is 1. The van der Waals surface area contributed by atoms with Crippen LogP contribution in [0.2, 0.25) is 5.02 Å². The number of nitrogen functional groups attached to an aromatic ring is 1. The summed E-state index contributed by atoms with van der Waals surface area (Å²) >= 11 is 6.35. The molecule has 0 bridgehead atoms. The number of anilines is 1. The number of hydrogen-bond acceptors (Lipinski definition) is 6. The molecular formula is C24H27ClN4O2. The number of likely N-dealkylation sites (tertiary alicyclic amines) is 1. The second kappa shape index (κ2) is 9.62. The van der Waals surface area contributed by atoms with Gasteiger partial charge in [0.1, 0.15) is 10.8 Å². The number of piperidine rings is 1. The number of nitrogens with zero attached hydrogens (tertiary/aromatic N) is 3. The Labute approximate surface area is 187 Å². The van der Waals surface area contributed by atoms with Crippen molar-refractivity contribution in [2.75, 3.05) is 32.5 Å². The van der Waals surface area contributed by atoms with Gasteiger partial charge in [-0.1, -0.05) is 29.8 Å². The lowest BCUT2D eigenvalue weighted by Crippen LogP contribution is -2.32. The molecule has 2 N–H and O–H groups in total. The zero-order chi connectivity index (χ0) is 21.8. The third-order valence-corrected chi connectivity index (χ3v) is 6.19. The van der Waals surface area contributed by atoms with Crippen molar-refractivity contribution in [3.8, 4) is 5.88 Å². The average Bonchev–Trinajstić information content (AvgIpc) is 2.78. The third kappa shape index (κ3) is 5.32. The maximum Gasteiger partial charge on any atom is 0.232 e. The first-order valence-corrected chi connectivity index (χ1v) is 11.0. The molecule has 0 saturated carbocycles. The highest BCUT2D eigenvalue weighted by Crippen LogP contribution is 2.26. The highest BCUT2D eigenvalue weighted by Gasteiger charge is 2.18. The van der Waals surface area contributed by atoms with Crippen LogP contribution in [0.5, 0.6) is 5.88 Å². The van der Waals surface area contributed by atoms with Crippen LogP contribution in [0.3, 0.4) is 0 Å². The molecule has 3 aromatic rings. The van der Waals surface area contributed by atoms with E-state index in [0.29, 0.717) is 47.7 Å². The second-order valence-corrected chi connectivity index (χ2v) is 8.65. The summed E-state index contributed by atoms with van der Waals surface area (Å²) in [6.07, 6.45) is 6.48. The van der Waals surface area contributed by atoms with E-state index in [1.54, 1.807) is 18.5 Å². The molecule has 2 aromatic heterocycles. The highest BCUT2D eigenvalue weighted by atomic mass is 35.5. The average molecular weight is 439 g/mol. The Morgan fingerprint density at radius 3 is 2.81 bits per heavy atom. The molecule has 1 aliphatic rings. The van der Waals surface area contributed by atoms with E-state index in [9.17, 15) is 4.79 Å². The minimum atomic E-state index is 0.00519. The number of benzene rings is 1. The van der Waals surface area contributed by atoms with Crippen LogP contribution in [0.15, 0.2) is 42.7 Å². The fourth-order valence-corrected chi connectivity index (χ4v) is 4.14. The quantitative estimate of drug-likeness (QED) is 0.550. The van der Waals surface area contributed by atoms with Gasteiger partial charge in [0.25, 0.3) is 0 Å². The summed E-state index contributed by atoms with van der Waals surface area (Å²) in [5, 5.41) is 2.32. The van der Waals surface area contributed by atoms with E-state index in [1.807, 2.05) is 24.3 Å². The van der Waals surface area contributed by atoms with Crippen molar-refractivity contribution in [3.05, 3.63) is 58.9 Å². The molecule has 7 heteroatoms. The number of halogens is 1. The van der Waals surface area contributed by atoms with Gasteiger partial charge in [-0.2, -0.15) is 0 Å². The molecular weight excluding hydrogens is 412 g/mol. The molecule has 6 nitrogen and oxygen atoms in total. The van der Waals surface area contributed by atoms with Crippen molar-refractivity contribution in [1.82, 2.24) is 14.9 Å². The molecule has 0 atom stereocenters. The lowest BCUT2D eigenvalue weighted by Gasteiger charge is -2.28. The zero-order valence-electron chi connectivity index (χ0n) is 17.7. The maximum atomic E-state index is 12.7. The normalized spacial score (nSPS) is 15.3. The zero-order valence-corrected chi connectivity index (χ0v) is 18.4. The summed E-state index contributed by atoms with van der Waals surface area (Å²) in [5.41, 5.74) is 7.48. The molecule has 4 rings (SSSR count). The van der Waals surface area contributed by atoms with E-state index in [-0.39, 0.29) is 5.78 Å². The van der Waals surface area contributed by atoms with Crippen molar-refractivity contribution in [1.29, 1.82) is 0 Å². The van der Waals surface area contributed by atoms with Crippen LogP contribution in [0.1, 0.15) is 35.2 Å². The second-order valence-electron chi connectivity index (χ2n) is 8.24. The fraction of sp³-hybridized carbons (Fsp3) is 0.375. The standard InChI is InChI=1S/C24H27ClN4O2/c1-29-10-7-17(8-11-29)15-31-24-21(25)13-19(14-28-24)22(30)5-3-16-2-4-20-18(12-16)6-9-27-23(20)26/h2,4,6,9,12-14,17H,3,5,7-8,10-11,15H2,1H3,(H2,26,27). The number of Topliss-reactive ketones (excluding diaryl/α,β-unsaturated/α-hetero) is 1. The van der Waals surface area contributed by atoms with Gasteiger partial charge in [-0.15, -0.1) is 0 Å². The first-order chi connectivity index (χ1) is 15.0. The molecule has 1 aromatic carbocycles. The van der Waals surface area contributed by atoms with Crippen LogP contribution in [0.4, 0.5) is 5.82 Å². The largest absolute Gasteiger partial charge is 0.476 e. The predicted octanol–water partition coefficient (Wildman–Crippen LogP) is 4.40. The lowest BCUT2D eigenvalue weighted by molar-refractivity contribution is 0.0982. The topological polar surface area (TPSA) is 81.3 Å². The molecule has 31 heavy (non-hydrogen) atoms. The number of aryl methyl sites for hydroxylation is 1. The van der Waals surface area contributed by atoms with Gasteiger partial charge in [0.05, 0.1) is 6.61 Å². The Bertz CT molecular complexity index is 1080. The summed E-state index contributed by atoms with van der Waals surface area (Å²) in [6.45, 7) is 2.78. The number of nitrogens with two attached hydrogens (primary N) is 1. The number of aromatic nitrogens is 2. The molecule has 0 amide bonds. The minimum Gasteiger partial charge on any atom is -0.476 e. The minimum absolute atomic E-state index is 0.00519. The Hall–Kier alpha value is -2.70. The van der Waals surface area contributed by atoms with Gasteiger partial charge in [-0.3, -0.25) is 4.79 Å². The Kier molecular flexibility index (Phi) is 6.68. The fourth-order valence-electron chi connectivity index (χ4n) is 3.92. The first kappa shape index (κ1) is 21.5. The first-order valence-electron chi connectivity index (χ1n) is 10.6. The summed E-state index contributed by atoms with van der Waals surface area (Å²) < 4.78 is 5.84. The smallest absolute Gasteiger partial charge is 0.232 e. The molecule has 162 valence electrons. The number of carbonyl (C=O) groups is 1. The number of carbonyl (C=O) groups excluding carboxylic acids is 1. The summed E-state index contributed by atoms with van der Waals surface area (Å²) in [6, 6.07) is 9.57. The van der Waals surface area contributed by atoms with E-state index in [4.69, 9.17) is 22.1 Å². The van der Waals surface area contributed by atoms with Crippen molar-refractivity contribution in [2.45, 2.75) is 25.7 Å². The number of ether oxygens (including phenoxy) is 1. The number of rotatable bonds is 7. The van der Waals surface area contributed by atoms with Crippen molar-refractivity contribution >= 4 is 34.0 Å². The molecule has 0 aliphatic carbocycles. The SMILES string of the molecule is CN1CCC(COc2ncc(C(=O)CCc3ccc4c(N)nccc4c3)cc2Cl)CC1. The number of hydrogen-bond donors (Lipinski definition) is 1. The molecule has 0 radical (unpaired) electrons. The third-order valence-electron chi connectivity index (χ3n) is 5.92. The van der Waals surface area contributed by atoms with Crippen LogP contribution in [0, 0.1) is 5.92 Å². The van der Waals surface area contributed by atoms with Crippen LogP contribution in [-0.2, 0) is 6.42 Å². The highest BCUT2D eigenvalue weighted by molar-refractivity contribution is 6.32. The number of fused-ring (bicyclic) bond motifs is 1. The van der Waals surface area contributed by atoms with Crippen molar-refractivity contribution < 1.29 is 9.53 Å². The molecule has 1 fully saturated rings. The van der Waals surface area contributed by atoms with Crippen LogP contribution < -0.4 is 10.5 Å². The van der Waals surface area contributed by atoms with E-state index in [0.717, 1.165) is 42.3 Å². The summed E-state index contributed by atoms with van der Waals surface area (Å²) in [5.74, 6) is 1.44. The van der Waals surface area contributed by atoms with Crippen molar-refractivity contribution in [3.63, 3.8) is 0 Å². The Balaban J connectivity index is 1.34. The van der Waals surface area contributed by atoms with Gasteiger partial charge in [0.15, 0.2) is 5.78 Å². The van der Waals surface area contributed by atoms with Crippen LogP contribution in [-0.4, -0.2) is 47.4 Å². The van der Waals surface area contributed by atoms with Gasteiger partial charge >= 0.3 is 0 Å². The van der Waals surface area contributed by atoms with Crippen molar-refractivity contribution in [2.24, 2.45) is 5.92 Å². The van der Waals surface area contributed by atoms with Crippen LogP contribution in [0.25, 0.3) is 10.8 Å². The monoisotopic (exact) mass is 438 g/mol. The Morgan fingerprint density at radius 2 is 2.03 bits per heavy atom. The van der Waals surface area contributed by atoms with E-state index < -0.39 is 0 Å². The van der Waals surface area contributed by atoms with Crippen LogP contribution >= 0.6 is 11.6 Å². The molecule has 3 heterocycles. The molecule has 0 unspecified atom stereocenters. The maximum absolute atomic E-state index is 12.7. The van der Waals surface area contributed by atoms with E-state index in [2.05, 4.69) is 21.9 Å². The lowest BCUT2D eigenvalue weighted by atomic mass is 9.98. The summed E-state index contributed by atoms with van der Waals surface area (Å²) in [7, 11) is 2.14. The summed E-state index contributed by atoms with van der Waals surface area (Å²) in [4.78, 5) is 23.4. The predicted molar refractivity (Wildman–Crippen MR) is 124 cm³/mol. The van der Waals surface area contributed by atoms with Gasteiger partial charge in [-0.05, 0) is 68.4 Å². The van der Waals surface area contributed by atoms with E-state index in [1.165, 1.54) is 0 Å².